The van der Waals surface area contributed by atoms with Gasteiger partial charge in [0.1, 0.15) is 5.75 Å². The first-order chi connectivity index (χ1) is 8.99. The van der Waals surface area contributed by atoms with Crippen LogP contribution in [0.2, 0.25) is 0 Å². The Balaban J connectivity index is 2.68. The van der Waals surface area contributed by atoms with Gasteiger partial charge in [0.2, 0.25) is 5.91 Å². The van der Waals surface area contributed by atoms with Crippen molar-refractivity contribution in [3.8, 4) is 5.75 Å². The second kappa shape index (κ2) is 7.09. The molecule has 0 spiro atoms. The summed E-state index contributed by atoms with van der Waals surface area (Å²) in [6.45, 7) is 6.39. The van der Waals surface area contributed by atoms with Gasteiger partial charge in [0.15, 0.2) is 0 Å². The fourth-order valence-electron chi connectivity index (χ4n) is 1.69. The van der Waals surface area contributed by atoms with Gasteiger partial charge in [-0.05, 0) is 19.8 Å². The van der Waals surface area contributed by atoms with Gasteiger partial charge in [-0.1, -0.05) is 20.3 Å². The molecule has 0 saturated carbocycles. The second-order valence-electron chi connectivity index (χ2n) is 4.88. The minimum absolute atomic E-state index is 0.205. The van der Waals surface area contributed by atoms with E-state index < -0.39 is 5.54 Å². The van der Waals surface area contributed by atoms with Gasteiger partial charge in [-0.3, -0.25) is 9.78 Å². The van der Waals surface area contributed by atoms with Gasteiger partial charge >= 0.3 is 0 Å². The number of rotatable bonds is 7. The first-order valence-corrected chi connectivity index (χ1v) is 6.67. The Labute approximate surface area is 114 Å². The third-order valence-electron chi connectivity index (χ3n) is 2.73. The van der Waals surface area contributed by atoms with Crippen molar-refractivity contribution in [2.75, 3.05) is 11.9 Å². The Morgan fingerprint density at radius 2 is 2.16 bits per heavy atom. The first kappa shape index (κ1) is 15.4. The van der Waals surface area contributed by atoms with Crippen molar-refractivity contribution < 1.29 is 9.53 Å². The van der Waals surface area contributed by atoms with Crippen LogP contribution in [0.25, 0.3) is 0 Å². The molecule has 5 heteroatoms. The van der Waals surface area contributed by atoms with Crippen LogP contribution in [-0.2, 0) is 4.79 Å². The highest BCUT2D eigenvalue weighted by atomic mass is 16.5. The van der Waals surface area contributed by atoms with Crippen molar-refractivity contribution in [1.29, 1.82) is 0 Å². The number of nitrogens with two attached hydrogens (primary N) is 1. The molecule has 106 valence electrons. The van der Waals surface area contributed by atoms with Gasteiger partial charge < -0.3 is 15.8 Å². The molecule has 0 saturated heterocycles. The molecule has 0 aliphatic rings. The number of nitrogens with zero attached hydrogens (tertiary/aromatic N) is 1. The van der Waals surface area contributed by atoms with Gasteiger partial charge in [0.25, 0.3) is 0 Å². The van der Waals surface area contributed by atoms with E-state index in [2.05, 4.69) is 10.3 Å². The van der Waals surface area contributed by atoms with E-state index in [0.717, 1.165) is 12.8 Å². The number of pyridine rings is 1. The average molecular weight is 265 g/mol. The maximum absolute atomic E-state index is 12.0. The Kier molecular flexibility index (Phi) is 5.76. The summed E-state index contributed by atoms with van der Waals surface area (Å²) < 4.78 is 5.47. The van der Waals surface area contributed by atoms with Gasteiger partial charge in [-0.2, -0.15) is 0 Å². The Morgan fingerprint density at radius 1 is 1.42 bits per heavy atom. The normalized spacial score (nSPS) is 13.7. The van der Waals surface area contributed by atoms with E-state index in [1.807, 2.05) is 13.8 Å². The van der Waals surface area contributed by atoms with Gasteiger partial charge in [-0.25, -0.2) is 0 Å². The van der Waals surface area contributed by atoms with Gasteiger partial charge in [0.05, 0.1) is 30.2 Å². The van der Waals surface area contributed by atoms with Crippen LogP contribution in [0.4, 0.5) is 5.69 Å². The molecule has 0 bridgehead atoms. The van der Waals surface area contributed by atoms with Crippen molar-refractivity contribution in [2.24, 2.45) is 5.73 Å². The zero-order chi connectivity index (χ0) is 14.3. The quantitative estimate of drug-likeness (QED) is 0.793. The summed E-state index contributed by atoms with van der Waals surface area (Å²) in [6, 6.07) is 1.75. The smallest absolute Gasteiger partial charge is 0.244 e. The molecule has 0 radical (unpaired) electrons. The number of carbonyl (C=O) groups excluding carboxylic acids is 1. The number of carbonyl (C=O) groups is 1. The number of ether oxygens (including phenoxy) is 1. The number of anilines is 1. The molecule has 0 fully saturated rings. The predicted molar refractivity (Wildman–Crippen MR) is 76.2 cm³/mol. The van der Waals surface area contributed by atoms with E-state index in [4.69, 9.17) is 10.5 Å². The molecule has 0 aromatic carbocycles. The third kappa shape index (κ3) is 4.87. The Bertz CT molecular complexity index is 419. The number of nitrogens with one attached hydrogen (secondary N) is 1. The van der Waals surface area contributed by atoms with Crippen LogP contribution in [0.15, 0.2) is 18.5 Å². The topological polar surface area (TPSA) is 77.2 Å². The van der Waals surface area contributed by atoms with Crippen molar-refractivity contribution >= 4 is 11.6 Å². The number of hydrogen-bond acceptors (Lipinski definition) is 4. The van der Waals surface area contributed by atoms with Crippen LogP contribution >= 0.6 is 0 Å². The summed E-state index contributed by atoms with van der Waals surface area (Å²) in [6.07, 6.45) is 5.63. The maximum atomic E-state index is 12.0. The molecule has 0 aliphatic heterocycles. The van der Waals surface area contributed by atoms with Gasteiger partial charge in [0, 0.05) is 6.07 Å². The molecule has 3 N–H and O–H groups in total. The first-order valence-electron chi connectivity index (χ1n) is 6.67. The van der Waals surface area contributed by atoms with E-state index in [1.54, 1.807) is 25.4 Å². The highest BCUT2D eigenvalue weighted by Gasteiger charge is 2.27. The van der Waals surface area contributed by atoms with E-state index in [9.17, 15) is 4.79 Å². The SMILES string of the molecule is CCCOc1cncc(NC(=O)C(C)(N)CCC)c1. The lowest BCUT2D eigenvalue weighted by Gasteiger charge is -2.22. The molecular formula is C14H23N3O2. The Hall–Kier alpha value is -1.62. The van der Waals surface area contributed by atoms with Gasteiger partial charge in [-0.15, -0.1) is 0 Å². The predicted octanol–water partition coefficient (Wildman–Crippen LogP) is 2.33. The largest absolute Gasteiger partial charge is 0.492 e. The monoisotopic (exact) mass is 265 g/mol. The molecule has 1 rings (SSSR count). The van der Waals surface area contributed by atoms with Crippen molar-refractivity contribution in [1.82, 2.24) is 4.98 Å². The third-order valence-corrected chi connectivity index (χ3v) is 2.73. The number of aromatic nitrogens is 1. The molecule has 0 aliphatic carbocycles. The molecule has 1 atom stereocenters. The summed E-state index contributed by atoms with van der Waals surface area (Å²) >= 11 is 0. The fraction of sp³-hybridized carbons (Fsp3) is 0.571. The number of hydrogen-bond donors (Lipinski definition) is 2. The van der Waals surface area contributed by atoms with E-state index in [-0.39, 0.29) is 5.91 Å². The molecule has 1 heterocycles. The molecule has 1 aromatic rings. The fourth-order valence-corrected chi connectivity index (χ4v) is 1.69. The molecule has 1 aromatic heterocycles. The Morgan fingerprint density at radius 3 is 2.79 bits per heavy atom. The summed E-state index contributed by atoms with van der Waals surface area (Å²) in [5, 5.41) is 2.78. The van der Waals surface area contributed by atoms with Crippen molar-refractivity contribution in [3.63, 3.8) is 0 Å². The average Bonchev–Trinajstić information content (AvgIpc) is 2.36. The van der Waals surface area contributed by atoms with Crippen LogP contribution in [0, 0.1) is 0 Å². The van der Waals surface area contributed by atoms with E-state index in [1.165, 1.54) is 0 Å². The number of amides is 1. The van der Waals surface area contributed by atoms with E-state index in [0.29, 0.717) is 24.5 Å². The summed E-state index contributed by atoms with van der Waals surface area (Å²) in [5.41, 5.74) is 5.71. The second-order valence-corrected chi connectivity index (χ2v) is 4.88. The zero-order valence-electron chi connectivity index (χ0n) is 11.9. The molecular weight excluding hydrogens is 242 g/mol. The highest BCUT2D eigenvalue weighted by molar-refractivity contribution is 5.97. The van der Waals surface area contributed by atoms with Crippen LogP contribution in [0.3, 0.4) is 0 Å². The molecule has 1 amide bonds. The lowest BCUT2D eigenvalue weighted by atomic mass is 9.96. The molecule has 5 nitrogen and oxygen atoms in total. The minimum atomic E-state index is -0.866. The maximum Gasteiger partial charge on any atom is 0.244 e. The summed E-state index contributed by atoms with van der Waals surface area (Å²) in [5.74, 6) is 0.442. The summed E-state index contributed by atoms with van der Waals surface area (Å²) in [4.78, 5) is 16.1. The van der Waals surface area contributed by atoms with Crippen LogP contribution in [0.1, 0.15) is 40.0 Å². The molecule has 19 heavy (non-hydrogen) atoms. The lowest BCUT2D eigenvalue weighted by molar-refractivity contribution is -0.120. The summed E-state index contributed by atoms with van der Waals surface area (Å²) in [7, 11) is 0. The minimum Gasteiger partial charge on any atom is -0.492 e. The molecule has 1 unspecified atom stereocenters. The zero-order valence-corrected chi connectivity index (χ0v) is 11.9. The van der Waals surface area contributed by atoms with Crippen LogP contribution in [0.5, 0.6) is 5.75 Å². The van der Waals surface area contributed by atoms with Crippen LogP contribution in [-0.4, -0.2) is 23.0 Å². The highest BCUT2D eigenvalue weighted by Crippen LogP contribution is 2.18. The van der Waals surface area contributed by atoms with Crippen molar-refractivity contribution in [3.05, 3.63) is 18.5 Å². The van der Waals surface area contributed by atoms with Crippen LogP contribution < -0.4 is 15.8 Å². The van der Waals surface area contributed by atoms with Crippen molar-refractivity contribution in [2.45, 2.75) is 45.6 Å². The standard InChI is InChI=1S/C14H23N3O2/c1-4-6-14(3,15)13(18)17-11-8-12(10-16-9-11)19-7-5-2/h8-10H,4-7,15H2,1-3H3,(H,17,18). The van der Waals surface area contributed by atoms with E-state index >= 15 is 0 Å². The lowest BCUT2D eigenvalue weighted by Crippen LogP contribution is -2.48.